The first-order valence-electron chi connectivity index (χ1n) is 6.06. The number of aryl methyl sites for hydroxylation is 2. The van der Waals surface area contributed by atoms with Crippen LogP contribution in [-0.4, -0.2) is 5.11 Å². The average Bonchev–Trinajstić information content (AvgIpc) is 2.31. The summed E-state index contributed by atoms with van der Waals surface area (Å²) in [5, 5.41) is 10.2. The Bertz CT molecular complexity index is 528. The van der Waals surface area contributed by atoms with E-state index in [4.69, 9.17) is 0 Å². The topological polar surface area (TPSA) is 20.2 Å². The van der Waals surface area contributed by atoms with Crippen LogP contribution in [0.25, 0.3) is 0 Å². The lowest BCUT2D eigenvalue weighted by molar-refractivity contribution is 0.177. The van der Waals surface area contributed by atoms with Gasteiger partial charge in [0, 0.05) is 6.42 Å². The number of aliphatic hydroxyl groups excluding tert-OH is 1. The second kappa shape index (κ2) is 5.32. The Morgan fingerprint density at radius 3 is 2.50 bits per heavy atom. The molecule has 18 heavy (non-hydrogen) atoms. The Morgan fingerprint density at radius 2 is 1.83 bits per heavy atom. The predicted molar refractivity (Wildman–Crippen MR) is 71.0 cm³/mol. The molecule has 0 aromatic heterocycles. The van der Waals surface area contributed by atoms with Crippen molar-refractivity contribution in [3.05, 3.63) is 70.5 Å². The number of aliphatic hydroxyl groups is 1. The van der Waals surface area contributed by atoms with Crippen molar-refractivity contribution in [2.75, 3.05) is 0 Å². The lowest BCUT2D eigenvalue weighted by Crippen LogP contribution is -2.04. The highest BCUT2D eigenvalue weighted by atomic mass is 19.1. The van der Waals surface area contributed by atoms with E-state index in [-0.39, 0.29) is 5.82 Å². The molecular formula is C16H17FO. The molecule has 0 amide bonds. The van der Waals surface area contributed by atoms with Gasteiger partial charge in [0.2, 0.25) is 0 Å². The normalized spacial score (nSPS) is 12.4. The van der Waals surface area contributed by atoms with E-state index < -0.39 is 6.10 Å². The Kier molecular flexibility index (Phi) is 3.78. The summed E-state index contributed by atoms with van der Waals surface area (Å²) >= 11 is 0. The van der Waals surface area contributed by atoms with Crippen LogP contribution < -0.4 is 0 Å². The predicted octanol–water partition coefficient (Wildman–Crippen LogP) is 3.72. The van der Waals surface area contributed by atoms with Gasteiger partial charge in [-0.2, -0.15) is 0 Å². The molecule has 2 rings (SSSR count). The highest BCUT2D eigenvalue weighted by Crippen LogP contribution is 2.22. The summed E-state index contributed by atoms with van der Waals surface area (Å²) < 4.78 is 13.3. The molecule has 1 unspecified atom stereocenters. The molecule has 0 aliphatic rings. The molecule has 2 aromatic rings. The number of hydrogen-bond donors (Lipinski definition) is 1. The van der Waals surface area contributed by atoms with Crippen molar-refractivity contribution < 1.29 is 9.50 Å². The van der Waals surface area contributed by atoms with Crippen LogP contribution in [0.15, 0.2) is 42.5 Å². The SMILES string of the molecule is Cc1cc(F)cc(C(O)Cc2ccccc2C)c1. The average molecular weight is 244 g/mol. The highest BCUT2D eigenvalue weighted by Gasteiger charge is 2.11. The molecule has 0 aliphatic heterocycles. The molecule has 0 saturated carbocycles. The van der Waals surface area contributed by atoms with E-state index in [9.17, 15) is 9.50 Å². The summed E-state index contributed by atoms with van der Waals surface area (Å²) in [4.78, 5) is 0. The lowest BCUT2D eigenvalue weighted by Gasteiger charge is -2.13. The van der Waals surface area contributed by atoms with Gasteiger partial charge in [-0.05, 0) is 48.2 Å². The second-order valence-corrected chi connectivity index (χ2v) is 4.71. The first kappa shape index (κ1) is 12.8. The molecule has 2 heteroatoms. The molecule has 0 spiro atoms. The van der Waals surface area contributed by atoms with Gasteiger partial charge in [-0.1, -0.05) is 30.3 Å². The molecule has 1 N–H and O–H groups in total. The summed E-state index contributed by atoms with van der Waals surface area (Å²) in [6.07, 6.45) is -0.157. The van der Waals surface area contributed by atoms with Gasteiger partial charge in [0.15, 0.2) is 0 Å². The molecule has 1 nitrogen and oxygen atoms in total. The fourth-order valence-electron chi connectivity index (χ4n) is 2.12. The van der Waals surface area contributed by atoms with Crippen molar-refractivity contribution in [2.24, 2.45) is 0 Å². The standard InChI is InChI=1S/C16H17FO/c1-11-7-14(9-15(17)8-11)16(18)10-13-6-4-3-5-12(13)2/h3-9,16,18H,10H2,1-2H3. The summed E-state index contributed by atoms with van der Waals surface area (Å²) in [7, 11) is 0. The monoisotopic (exact) mass is 244 g/mol. The van der Waals surface area contributed by atoms with Gasteiger partial charge < -0.3 is 5.11 Å². The maximum absolute atomic E-state index is 13.3. The highest BCUT2D eigenvalue weighted by molar-refractivity contribution is 5.30. The lowest BCUT2D eigenvalue weighted by atomic mass is 9.97. The van der Waals surface area contributed by atoms with E-state index in [1.807, 2.05) is 44.2 Å². The molecule has 94 valence electrons. The minimum Gasteiger partial charge on any atom is -0.388 e. The van der Waals surface area contributed by atoms with Gasteiger partial charge in [0.25, 0.3) is 0 Å². The molecule has 0 aliphatic carbocycles. The number of hydrogen-bond acceptors (Lipinski definition) is 1. The van der Waals surface area contributed by atoms with E-state index in [2.05, 4.69) is 0 Å². The minimum atomic E-state index is -0.666. The van der Waals surface area contributed by atoms with Crippen molar-refractivity contribution in [2.45, 2.75) is 26.4 Å². The van der Waals surface area contributed by atoms with Crippen LogP contribution >= 0.6 is 0 Å². The summed E-state index contributed by atoms with van der Waals surface area (Å²) in [6.45, 7) is 3.84. The van der Waals surface area contributed by atoms with Crippen molar-refractivity contribution in [3.63, 3.8) is 0 Å². The van der Waals surface area contributed by atoms with Gasteiger partial charge in [-0.3, -0.25) is 0 Å². The molecule has 0 radical (unpaired) electrons. The van der Waals surface area contributed by atoms with Gasteiger partial charge in [0.1, 0.15) is 5.82 Å². The Hall–Kier alpha value is -1.67. The molecule has 0 bridgehead atoms. The Labute approximate surface area is 107 Å². The number of rotatable bonds is 3. The van der Waals surface area contributed by atoms with Crippen LogP contribution in [0.3, 0.4) is 0 Å². The Balaban J connectivity index is 2.22. The maximum Gasteiger partial charge on any atom is 0.123 e. The first-order valence-corrected chi connectivity index (χ1v) is 6.06. The summed E-state index contributed by atoms with van der Waals surface area (Å²) in [5.74, 6) is -0.297. The third-order valence-corrected chi connectivity index (χ3v) is 3.12. The molecule has 0 fully saturated rings. The molecule has 0 saturated heterocycles. The van der Waals surface area contributed by atoms with Crippen LogP contribution in [-0.2, 0) is 6.42 Å². The van der Waals surface area contributed by atoms with Crippen LogP contribution in [0, 0.1) is 19.7 Å². The molecule has 0 heterocycles. The van der Waals surface area contributed by atoms with Gasteiger partial charge >= 0.3 is 0 Å². The van der Waals surface area contributed by atoms with Crippen LogP contribution in [0.5, 0.6) is 0 Å². The number of halogens is 1. The van der Waals surface area contributed by atoms with Crippen molar-refractivity contribution in [3.8, 4) is 0 Å². The van der Waals surface area contributed by atoms with E-state index in [1.165, 1.54) is 12.1 Å². The maximum atomic E-state index is 13.3. The van der Waals surface area contributed by atoms with E-state index >= 15 is 0 Å². The zero-order chi connectivity index (χ0) is 13.1. The zero-order valence-corrected chi connectivity index (χ0v) is 10.7. The molecule has 2 aromatic carbocycles. The molecule has 1 atom stereocenters. The Morgan fingerprint density at radius 1 is 1.11 bits per heavy atom. The van der Waals surface area contributed by atoms with Crippen molar-refractivity contribution >= 4 is 0 Å². The van der Waals surface area contributed by atoms with Crippen molar-refractivity contribution in [1.29, 1.82) is 0 Å². The van der Waals surface area contributed by atoms with Crippen LogP contribution in [0.2, 0.25) is 0 Å². The smallest absolute Gasteiger partial charge is 0.123 e. The summed E-state index contributed by atoms with van der Waals surface area (Å²) in [6, 6.07) is 12.6. The van der Waals surface area contributed by atoms with E-state index in [1.54, 1.807) is 0 Å². The minimum absolute atomic E-state index is 0.297. The third kappa shape index (κ3) is 2.96. The fraction of sp³-hybridized carbons (Fsp3) is 0.250. The van der Waals surface area contributed by atoms with E-state index in [0.29, 0.717) is 12.0 Å². The zero-order valence-electron chi connectivity index (χ0n) is 10.7. The van der Waals surface area contributed by atoms with Crippen molar-refractivity contribution in [1.82, 2.24) is 0 Å². The third-order valence-electron chi connectivity index (χ3n) is 3.12. The number of benzene rings is 2. The molecular weight excluding hydrogens is 227 g/mol. The van der Waals surface area contributed by atoms with Crippen LogP contribution in [0.4, 0.5) is 4.39 Å². The fourth-order valence-corrected chi connectivity index (χ4v) is 2.12. The van der Waals surface area contributed by atoms with Crippen LogP contribution in [0.1, 0.15) is 28.4 Å². The second-order valence-electron chi connectivity index (χ2n) is 4.71. The van der Waals surface area contributed by atoms with Gasteiger partial charge in [-0.25, -0.2) is 4.39 Å². The van der Waals surface area contributed by atoms with Gasteiger partial charge in [-0.15, -0.1) is 0 Å². The quantitative estimate of drug-likeness (QED) is 0.872. The first-order chi connectivity index (χ1) is 8.56. The van der Waals surface area contributed by atoms with E-state index in [0.717, 1.165) is 16.7 Å². The summed E-state index contributed by atoms with van der Waals surface area (Å²) in [5.41, 5.74) is 3.70. The largest absolute Gasteiger partial charge is 0.388 e. The van der Waals surface area contributed by atoms with Gasteiger partial charge in [0.05, 0.1) is 6.10 Å².